The van der Waals surface area contributed by atoms with Crippen LogP contribution in [-0.2, 0) is 16.0 Å². The Morgan fingerprint density at radius 3 is 1.85 bits per heavy atom. The number of piperazine rings is 1. The molecule has 0 aliphatic carbocycles. The second-order valence-electron chi connectivity index (χ2n) is 7.62. The van der Waals surface area contributed by atoms with Crippen LogP contribution in [-0.4, -0.2) is 47.8 Å². The first-order valence-corrected chi connectivity index (χ1v) is 10.8. The van der Waals surface area contributed by atoms with Gasteiger partial charge in [-0.1, -0.05) is 69.4 Å². The monoisotopic (exact) mass is 372 g/mol. The van der Waals surface area contributed by atoms with Gasteiger partial charge in [-0.2, -0.15) is 0 Å². The Bertz CT molecular complexity index is 551. The van der Waals surface area contributed by atoms with Crippen molar-refractivity contribution >= 4 is 11.8 Å². The highest BCUT2D eigenvalue weighted by atomic mass is 16.2. The Morgan fingerprint density at radius 1 is 0.741 bits per heavy atom. The molecule has 0 N–H and O–H groups in total. The molecule has 0 aromatic heterocycles. The van der Waals surface area contributed by atoms with E-state index in [0.717, 1.165) is 25.7 Å². The Kier molecular flexibility index (Phi) is 9.96. The summed E-state index contributed by atoms with van der Waals surface area (Å²) in [7, 11) is 0. The van der Waals surface area contributed by atoms with E-state index in [1.807, 2.05) is 28.0 Å². The van der Waals surface area contributed by atoms with E-state index in [9.17, 15) is 9.59 Å². The zero-order chi connectivity index (χ0) is 19.3. The molecule has 0 saturated carbocycles. The van der Waals surface area contributed by atoms with Crippen molar-refractivity contribution in [3.63, 3.8) is 0 Å². The SMILES string of the molecule is CCCCCCCCC(=O)N1CCN(C(=O)CCCc2ccccc2)CC1. The second kappa shape index (κ2) is 12.5. The van der Waals surface area contributed by atoms with Crippen LogP contribution in [0.1, 0.15) is 70.3 Å². The van der Waals surface area contributed by atoms with Crippen LogP contribution in [0.3, 0.4) is 0 Å². The zero-order valence-corrected chi connectivity index (χ0v) is 17.0. The predicted molar refractivity (Wildman–Crippen MR) is 111 cm³/mol. The molecule has 1 saturated heterocycles. The lowest BCUT2D eigenvalue weighted by Crippen LogP contribution is -2.50. The van der Waals surface area contributed by atoms with Gasteiger partial charge in [-0.15, -0.1) is 0 Å². The molecule has 2 rings (SSSR count). The molecule has 1 aromatic rings. The van der Waals surface area contributed by atoms with E-state index in [4.69, 9.17) is 0 Å². The van der Waals surface area contributed by atoms with Crippen LogP contribution in [0, 0.1) is 0 Å². The van der Waals surface area contributed by atoms with E-state index in [2.05, 4.69) is 19.1 Å². The van der Waals surface area contributed by atoms with Crippen molar-refractivity contribution in [3.8, 4) is 0 Å². The highest BCUT2D eigenvalue weighted by Gasteiger charge is 2.23. The van der Waals surface area contributed by atoms with Gasteiger partial charge in [0.2, 0.25) is 11.8 Å². The molecule has 27 heavy (non-hydrogen) atoms. The van der Waals surface area contributed by atoms with Crippen LogP contribution in [0.4, 0.5) is 0 Å². The maximum Gasteiger partial charge on any atom is 0.222 e. The Labute approximate surface area is 164 Å². The Morgan fingerprint density at radius 2 is 1.26 bits per heavy atom. The molecule has 4 heteroatoms. The predicted octanol–water partition coefficient (Wildman–Crippen LogP) is 4.43. The Balaban J connectivity index is 1.57. The molecule has 1 heterocycles. The average Bonchev–Trinajstić information content (AvgIpc) is 2.71. The lowest BCUT2D eigenvalue weighted by atomic mass is 10.1. The van der Waals surface area contributed by atoms with Crippen LogP contribution in [0.15, 0.2) is 30.3 Å². The third-order valence-corrected chi connectivity index (χ3v) is 5.43. The van der Waals surface area contributed by atoms with Crippen LogP contribution in [0.25, 0.3) is 0 Å². The normalized spacial score (nSPS) is 14.4. The van der Waals surface area contributed by atoms with E-state index >= 15 is 0 Å². The number of benzene rings is 1. The van der Waals surface area contributed by atoms with Crippen molar-refractivity contribution in [2.75, 3.05) is 26.2 Å². The molecule has 1 aliphatic heterocycles. The number of hydrogen-bond donors (Lipinski definition) is 0. The van der Waals surface area contributed by atoms with Crippen molar-refractivity contribution in [2.45, 2.75) is 71.1 Å². The van der Waals surface area contributed by atoms with Gasteiger partial charge in [-0.3, -0.25) is 9.59 Å². The molecule has 1 aliphatic rings. The molecule has 1 fully saturated rings. The van der Waals surface area contributed by atoms with Gasteiger partial charge < -0.3 is 9.80 Å². The number of carbonyl (C=O) groups excluding carboxylic acids is 2. The summed E-state index contributed by atoms with van der Waals surface area (Å²) in [5.74, 6) is 0.496. The van der Waals surface area contributed by atoms with Gasteiger partial charge in [-0.25, -0.2) is 0 Å². The number of rotatable bonds is 11. The third kappa shape index (κ3) is 8.15. The van der Waals surface area contributed by atoms with Crippen molar-refractivity contribution in [1.29, 1.82) is 0 Å². The summed E-state index contributed by atoms with van der Waals surface area (Å²) in [5.41, 5.74) is 1.29. The fourth-order valence-corrected chi connectivity index (χ4v) is 3.67. The summed E-state index contributed by atoms with van der Waals surface area (Å²) in [6, 6.07) is 10.3. The van der Waals surface area contributed by atoms with Gasteiger partial charge in [0.05, 0.1) is 0 Å². The van der Waals surface area contributed by atoms with Crippen molar-refractivity contribution in [1.82, 2.24) is 9.80 Å². The molecule has 150 valence electrons. The van der Waals surface area contributed by atoms with Crippen molar-refractivity contribution in [2.24, 2.45) is 0 Å². The van der Waals surface area contributed by atoms with Gasteiger partial charge in [0.1, 0.15) is 0 Å². The van der Waals surface area contributed by atoms with E-state index in [1.54, 1.807) is 0 Å². The molecule has 1 aromatic carbocycles. The number of hydrogen-bond acceptors (Lipinski definition) is 2. The molecule has 2 amide bonds. The van der Waals surface area contributed by atoms with E-state index in [1.165, 1.54) is 31.2 Å². The van der Waals surface area contributed by atoms with Gasteiger partial charge in [-0.05, 0) is 24.8 Å². The minimum atomic E-state index is 0.231. The largest absolute Gasteiger partial charge is 0.339 e. The molecule has 0 atom stereocenters. The third-order valence-electron chi connectivity index (χ3n) is 5.43. The van der Waals surface area contributed by atoms with Gasteiger partial charge in [0.15, 0.2) is 0 Å². The minimum absolute atomic E-state index is 0.231. The minimum Gasteiger partial charge on any atom is -0.339 e. The number of aryl methyl sites for hydroxylation is 1. The maximum absolute atomic E-state index is 12.4. The summed E-state index contributed by atoms with van der Waals surface area (Å²) in [5, 5.41) is 0. The number of amides is 2. The second-order valence-corrected chi connectivity index (χ2v) is 7.62. The van der Waals surface area contributed by atoms with Crippen LogP contribution in [0.2, 0.25) is 0 Å². The van der Waals surface area contributed by atoms with E-state index in [-0.39, 0.29) is 11.8 Å². The smallest absolute Gasteiger partial charge is 0.222 e. The topological polar surface area (TPSA) is 40.6 Å². The van der Waals surface area contributed by atoms with Crippen molar-refractivity contribution in [3.05, 3.63) is 35.9 Å². The highest BCUT2D eigenvalue weighted by Crippen LogP contribution is 2.12. The molecule has 0 bridgehead atoms. The quantitative estimate of drug-likeness (QED) is 0.539. The summed E-state index contributed by atoms with van der Waals surface area (Å²) in [6.07, 6.45) is 10.3. The van der Waals surface area contributed by atoms with E-state index in [0.29, 0.717) is 39.0 Å². The van der Waals surface area contributed by atoms with Crippen LogP contribution < -0.4 is 0 Å². The fraction of sp³-hybridized carbons (Fsp3) is 0.652. The van der Waals surface area contributed by atoms with Crippen LogP contribution >= 0.6 is 0 Å². The molecular formula is C23H36N2O2. The molecule has 4 nitrogen and oxygen atoms in total. The summed E-state index contributed by atoms with van der Waals surface area (Å²) < 4.78 is 0. The lowest BCUT2D eigenvalue weighted by Gasteiger charge is -2.35. The maximum atomic E-state index is 12.4. The standard InChI is InChI=1S/C23H36N2O2/c1-2-3-4-5-6-10-15-22(26)24-17-19-25(20-18-24)23(27)16-11-14-21-12-8-7-9-13-21/h7-9,12-13H,2-6,10-11,14-20H2,1H3. The summed E-state index contributed by atoms with van der Waals surface area (Å²) >= 11 is 0. The van der Waals surface area contributed by atoms with Crippen LogP contribution in [0.5, 0.6) is 0 Å². The van der Waals surface area contributed by atoms with Gasteiger partial charge in [0.25, 0.3) is 0 Å². The van der Waals surface area contributed by atoms with Gasteiger partial charge >= 0.3 is 0 Å². The molecule has 0 unspecified atom stereocenters. The summed E-state index contributed by atoms with van der Waals surface area (Å²) in [6.45, 7) is 4.98. The Hall–Kier alpha value is -1.84. The van der Waals surface area contributed by atoms with E-state index < -0.39 is 0 Å². The molecule has 0 radical (unpaired) electrons. The average molecular weight is 373 g/mol. The van der Waals surface area contributed by atoms with Crippen molar-refractivity contribution < 1.29 is 9.59 Å². The first-order chi connectivity index (χ1) is 13.2. The number of nitrogens with zero attached hydrogens (tertiary/aromatic N) is 2. The zero-order valence-electron chi connectivity index (χ0n) is 17.0. The molecular weight excluding hydrogens is 336 g/mol. The number of unbranched alkanes of at least 4 members (excludes halogenated alkanes) is 5. The number of carbonyl (C=O) groups is 2. The fourth-order valence-electron chi connectivity index (χ4n) is 3.67. The first-order valence-electron chi connectivity index (χ1n) is 10.8. The first kappa shape index (κ1) is 21.5. The van der Waals surface area contributed by atoms with Gasteiger partial charge in [0, 0.05) is 39.0 Å². The highest BCUT2D eigenvalue weighted by molar-refractivity contribution is 5.78. The summed E-state index contributed by atoms with van der Waals surface area (Å²) in [4.78, 5) is 28.6. The lowest BCUT2D eigenvalue weighted by molar-refractivity contribution is -0.139. The molecule has 0 spiro atoms.